The smallest absolute Gasteiger partial charge is 0.266 e. The molecule has 0 aliphatic rings. The average molecular weight is 510 g/mol. The van der Waals surface area contributed by atoms with Gasteiger partial charge >= 0.3 is 0 Å². The number of benzene rings is 3. The zero-order valence-electron chi connectivity index (χ0n) is 19.0. The van der Waals surface area contributed by atoms with Gasteiger partial charge in [0.1, 0.15) is 22.7 Å². The van der Waals surface area contributed by atoms with Crippen LogP contribution >= 0.6 is 11.6 Å². The molecule has 35 heavy (non-hydrogen) atoms. The lowest BCUT2D eigenvalue weighted by molar-refractivity contribution is 0.403. The fourth-order valence-corrected chi connectivity index (χ4v) is 5.12. The van der Waals surface area contributed by atoms with Crippen LogP contribution in [0.3, 0.4) is 0 Å². The molecule has 0 spiro atoms. The molecule has 0 aliphatic heterocycles. The van der Waals surface area contributed by atoms with Crippen molar-refractivity contribution >= 4 is 44.0 Å². The van der Waals surface area contributed by atoms with Crippen LogP contribution in [0.2, 0.25) is 5.02 Å². The standard InChI is InChI=1S/C24H20ClN5O4S/c1-14-10-19-20(11-15(14)2)30-13-26-28-23(30)24(27-19)34-18-7-5-17(6-8-18)29-35(31,32)22-12-16(25)4-9-21(22)33-3/h4-13,29H,1-3H3. The number of sulfonamides is 1. The Kier molecular flexibility index (Phi) is 5.70. The summed E-state index contributed by atoms with van der Waals surface area (Å²) in [5, 5.41) is 8.44. The van der Waals surface area contributed by atoms with Gasteiger partial charge in [-0.25, -0.2) is 13.4 Å². The van der Waals surface area contributed by atoms with Crippen molar-refractivity contribution in [1.82, 2.24) is 19.6 Å². The molecule has 0 unspecified atom stereocenters. The largest absolute Gasteiger partial charge is 0.495 e. The van der Waals surface area contributed by atoms with Crippen LogP contribution in [-0.4, -0.2) is 35.1 Å². The minimum Gasteiger partial charge on any atom is -0.495 e. The SMILES string of the molecule is COc1ccc(Cl)cc1S(=O)(=O)Nc1ccc(Oc2nc3cc(C)c(C)cc3n3cnnc23)cc1. The van der Waals surface area contributed by atoms with E-state index in [0.29, 0.717) is 17.1 Å². The Balaban J connectivity index is 1.43. The van der Waals surface area contributed by atoms with E-state index in [2.05, 4.69) is 19.9 Å². The molecule has 0 amide bonds. The highest BCUT2D eigenvalue weighted by Gasteiger charge is 2.20. The van der Waals surface area contributed by atoms with Gasteiger partial charge in [-0.15, -0.1) is 10.2 Å². The molecule has 0 radical (unpaired) electrons. The van der Waals surface area contributed by atoms with Crippen LogP contribution in [0.5, 0.6) is 17.4 Å². The molecule has 5 aromatic rings. The summed E-state index contributed by atoms with van der Waals surface area (Å²) in [5.41, 5.74) is 4.67. The average Bonchev–Trinajstić information content (AvgIpc) is 3.32. The number of anilines is 1. The van der Waals surface area contributed by atoms with E-state index in [1.54, 1.807) is 36.7 Å². The van der Waals surface area contributed by atoms with Crippen LogP contribution in [0.1, 0.15) is 11.1 Å². The maximum Gasteiger partial charge on any atom is 0.266 e. The lowest BCUT2D eigenvalue weighted by Crippen LogP contribution is -2.14. The van der Waals surface area contributed by atoms with Crippen molar-refractivity contribution in [3.63, 3.8) is 0 Å². The van der Waals surface area contributed by atoms with Crippen LogP contribution in [0.4, 0.5) is 5.69 Å². The number of hydrogen-bond donors (Lipinski definition) is 1. The lowest BCUT2D eigenvalue weighted by Gasteiger charge is -2.13. The van der Waals surface area contributed by atoms with Gasteiger partial charge in [0.15, 0.2) is 0 Å². The zero-order valence-corrected chi connectivity index (χ0v) is 20.6. The molecule has 0 saturated carbocycles. The minimum absolute atomic E-state index is 0.0621. The molecule has 0 fully saturated rings. The molecule has 5 rings (SSSR count). The highest BCUT2D eigenvalue weighted by molar-refractivity contribution is 7.92. The second-order valence-electron chi connectivity index (χ2n) is 7.89. The Morgan fingerprint density at radius 3 is 2.49 bits per heavy atom. The lowest BCUT2D eigenvalue weighted by atomic mass is 10.1. The number of hydrogen-bond acceptors (Lipinski definition) is 7. The van der Waals surface area contributed by atoms with E-state index in [1.165, 1.54) is 19.2 Å². The molecule has 2 heterocycles. The third-order valence-corrected chi connectivity index (χ3v) is 7.19. The topological polar surface area (TPSA) is 108 Å². The maximum atomic E-state index is 12.9. The summed E-state index contributed by atoms with van der Waals surface area (Å²) in [4.78, 5) is 4.58. The van der Waals surface area contributed by atoms with Crippen LogP contribution in [0.15, 0.2) is 65.8 Å². The van der Waals surface area contributed by atoms with Crippen molar-refractivity contribution in [2.75, 3.05) is 11.8 Å². The first-order valence-electron chi connectivity index (χ1n) is 10.5. The fraction of sp³-hybridized carbons (Fsp3) is 0.125. The summed E-state index contributed by atoms with van der Waals surface area (Å²) in [5.74, 6) is 0.927. The monoisotopic (exact) mass is 509 g/mol. The first-order chi connectivity index (χ1) is 16.7. The predicted octanol–water partition coefficient (Wildman–Crippen LogP) is 5.15. The summed E-state index contributed by atoms with van der Waals surface area (Å²) in [6.45, 7) is 4.06. The van der Waals surface area contributed by atoms with Crippen LogP contribution in [-0.2, 0) is 10.0 Å². The van der Waals surface area contributed by atoms with E-state index >= 15 is 0 Å². The second-order valence-corrected chi connectivity index (χ2v) is 9.98. The zero-order chi connectivity index (χ0) is 24.7. The number of fused-ring (bicyclic) bond motifs is 3. The Hall–Kier alpha value is -3.89. The van der Waals surface area contributed by atoms with Crippen molar-refractivity contribution in [1.29, 1.82) is 0 Å². The van der Waals surface area contributed by atoms with Crippen molar-refractivity contribution < 1.29 is 17.9 Å². The van der Waals surface area contributed by atoms with Crippen LogP contribution < -0.4 is 14.2 Å². The van der Waals surface area contributed by atoms with Crippen molar-refractivity contribution in [3.8, 4) is 17.4 Å². The number of aromatic nitrogens is 4. The molecule has 0 aliphatic carbocycles. The quantitative estimate of drug-likeness (QED) is 0.337. The fourth-order valence-electron chi connectivity index (χ4n) is 3.63. The van der Waals surface area contributed by atoms with Crippen molar-refractivity contribution in [3.05, 3.63) is 77.1 Å². The molecule has 11 heteroatoms. The second kappa shape index (κ2) is 8.71. The minimum atomic E-state index is -3.94. The third-order valence-electron chi connectivity index (χ3n) is 5.55. The predicted molar refractivity (Wildman–Crippen MR) is 133 cm³/mol. The van der Waals surface area contributed by atoms with Crippen molar-refractivity contribution in [2.24, 2.45) is 0 Å². The molecule has 0 bridgehead atoms. The number of aryl methyl sites for hydroxylation is 2. The van der Waals surface area contributed by atoms with Gasteiger partial charge in [0, 0.05) is 10.7 Å². The molecule has 9 nitrogen and oxygen atoms in total. The summed E-state index contributed by atoms with van der Waals surface area (Å²) < 4.78 is 41.3. The van der Waals surface area contributed by atoms with Gasteiger partial charge in [0.05, 0.1) is 18.1 Å². The summed E-state index contributed by atoms with van der Waals surface area (Å²) >= 11 is 5.99. The summed E-state index contributed by atoms with van der Waals surface area (Å²) in [6.07, 6.45) is 1.61. The molecule has 0 atom stereocenters. The molecule has 1 N–H and O–H groups in total. The molecule has 178 valence electrons. The Morgan fingerprint density at radius 1 is 1.00 bits per heavy atom. The first-order valence-corrected chi connectivity index (χ1v) is 12.4. The van der Waals surface area contributed by atoms with Gasteiger partial charge in [0.2, 0.25) is 5.65 Å². The van der Waals surface area contributed by atoms with Gasteiger partial charge in [-0.05, 0) is 79.6 Å². The Morgan fingerprint density at radius 2 is 1.74 bits per heavy atom. The van der Waals surface area contributed by atoms with Crippen molar-refractivity contribution in [2.45, 2.75) is 18.7 Å². The number of nitrogens with zero attached hydrogens (tertiary/aromatic N) is 4. The van der Waals surface area contributed by atoms with Gasteiger partial charge in [-0.1, -0.05) is 11.6 Å². The van der Waals surface area contributed by atoms with E-state index in [1.807, 2.05) is 30.4 Å². The number of nitrogens with one attached hydrogen (secondary N) is 1. The summed E-state index contributed by atoms with van der Waals surface area (Å²) in [7, 11) is -2.54. The maximum absolute atomic E-state index is 12.9. The number of methoxy groups -OCH3 is 1. The number of halogens is 1. The van der Waals surface area contributed by atoms with Gasteiger partial charge in [0.25, 0.3) is 15.9 Å². The number of ether oxygens (including phenoxy) is 2. The number of rotatable bonds is 6. The normalized spacial score (nSPS) is 11.7. The van der Waals surface area contributed by atoms with Crippen LogP contribution in [0, 0.1) is 13.8 Å². The third kappa shape index (κ3) is 4.33. The van der Waals surface area contributed by atoms with E-state index in [4.69, 9.17) is 21.1 Å². The Labute approximate surface area is 206 Å². The highest BCUT2D eigenvalue weighted by atomic mass is 35.5. The molecular weight excluding hydrogens is 490 g/mol. The van der Waals surface area contributed by atoms with E-state index in [0.717, 1.165) is 22.2 Å². The first kappa shape index (κ1) is 22.9. The van der Waals surface area contributed by atoms with E-state index < -0.39 is 10.0 Å². The highest BCUT2D eigenvalue weighted by Crippen LogP contribution is 2.31. The van der Waals surface area contributed by atoms with Gasteiger partial charge in [-0.2, -0.15) is 0 Å². The van der Waals surface area contributed by atoms with Gasteiger partial charge in [-0.3, -0.25) is 9.12 Å². The Bertz CT molecular complexity index is 1680. The molecule has 0 saturated heterocycles. The molecule has 2 aromatic heterocycles. The van der Waals surface area contributed by atoms with Gasteiger partial charge < -0.3 is 9.47 Å². The molecular formula is C24H20ClN5O4S. The summed E-state index contributed by atoms with van der Waals surface area (Å²) in [6, 6.07) is 14.8. The van der Waals surface area contributed by atoms with E-state index in [9.17, 15) is 8.42 Å². The van der Waals surface area contributed by atoms with E-state index in [-0.39, 0.29) is 21.5 Å². The molecule has 3 aromatic carbocycles. The van der Waals surface area contributed by atoms with Crippen LogP contribution in [0.25, 0.3) is 16.7 Å².